The molecule has 1 aromatic heterocycles. The first kappa shape index (κ1) is 13.6. The van der Waals surface area contributed by atoms with Crippen molar-refractivity contribution in [1.82, 2.24) is 9.55 Å². The smallest absolute Gasteiger partial charge is 0.294 e. The van der Waals surface area contributed by atoms with Crippen molar-refractivity contribution in [3.05, 3.63) is 50.8 Å². The molecule has 0 aliphatic carbocycles. The normalized spacial score (nSPS) is 10.7. The third-order valence-electron chi connectivity index (χ3n) is 2.56. The molecule has 8 heteroatoms. The summed E-state index contributed by atoms with van der Waals surface area (Å²) in [6.45, 7) is 0.351. The van der Waals surface area contributed by atoms with Crippen LogP contribution in [0, 0.1) is 15.9 Å². The molecule has 0 unspecified atom stereocenters. The average molecular weight is 329 g/mol. The highest BCUT2D eigenvalue weighted by atomic mass is 79.9. The van der Waals surface area contributed by atoms with E-state index in [4.69, 9.17) is 5.73 Å². The van der Waals surface area contributed by atoms with E-state index in [9.17, 15) is 14.5 Å². The Balaban J connectivity index is 2.63. The molecule has 1 aromatic carbocycles. The van der Waals surface area contributed by atoms with Crippen molar-refractivity contribution in [3.8, 4) is 5.69 Å². The van der Waals surface area contributed by atoms with Crippen LogP contribution in [0.2, 0.25) is 0 Å². The van der Waals surface area contributed by atoms with Crippen LogP contribution in [0.1, 0.15) is 5.82 Å². The predicted molar refractivity (Wildman–Crippen MR) is 70.6 cm³/mol. The second-order valence-corrected chi connectivity index (χ2v) is 4.62. The summed E-state index contributed by atoms with van der Waals surface area (Å²) in [6.07, 6.45) is 3.48. The molecule has 2 rings (SSSR count). The van der Waals surface area contributed by atoms with Gasteiger partial charge in [-0.15, -0.1) is 0 Å². The Bertz CT molecular complexity index is 629. The lowest BCUT2D eigenvalue weighted by Crippen LogP contribution is -2.10. The second-order valence-electron chi connectivity index (χ2n) is 3.76. The molecule has 0 saturated carbocycles. The van der Waals surface area contributed by atoms with Crippen molar-refractivity contribution in [2.75, 3.05) is 6.54 Å². The van der Waals surface area contributed by atoms with Crippen molar-refractivity contribution < 1.29 is 9.31 Å². The van der Waals surface area contributed by atoms with Gasteiger partial charge in [0.15, 0.2) is 0 Å². The Hall–Kier alpha value is -1.80. The van der Waals surface area contributed by atoms with Gasteiger partial charge in [-0.1, -0.05) is 0 Å². The SMILES string of the molecule is NCCc1nccn1-c1cc(F)c(Br)cc1[N+](=O)[O-]. The van der Waals surface area contributed by atoms with Gasteiger partial charge in [0, 0.05) is 30.9 Å². The summed E-state index contributed by atoms with van der Waals surface area (Å²) in [5.41, 5.74) is 5.38. The predicted octanol–water partition coefficient (Wildman–Crippen LogP) is 2.18. The van der Waals surface area contributed by atoms with E-state index in [1.54, 1.807) is 6.20 Å². The molecule has 0 amide bonds. The highest BCUT2D eigenvalue weighted by Crippen LogP contribution is 2.30. The molecule has 0 bridgehead atoms. The molecule has 19 heavy (non-hydrogen) atoms. The van der Waals surface area contributed by atoms with E-state index in [-0.39, 0.29) is 15.8 Å². The largest absolute Gasteiger partial charge is 0.330 e. The molecule has 0 spiro atoms. The lowest BCUT2D eigenvalue weighted by atomic mass is 10.2. The zero-order chi connectivity index (χ0) is 14.0. The minimum atomic E-state index is -0.576. The molecule has 0 aliphatic heterocycles. The van der Waals surface area contributed by atoms with Crippen molar-refractivity contribution in [2.45, 2.75) is 6.42 Å². The monoisotopic (exact) mass is 328 g/mol. The number of nitro benzene ring substituents is 1. The Morgan fingerprint density at radius 1 is 1.53 bits per heavy atom. The number of aromatic nitrogens is 2. The lowest BCUT2D eigenvalue weighted by molar-refractivity contribution is -0.384. The van der Waals surface area contributed by atoms with Gasteiger partial charge in [-0.05, 0) is 22.5 Å². The Kier molecular flexibility index (Phi) is 3.91. The molecule has 2 N–H and O–H groups in total. The van der Waals surface area contributed by atoms with Crippen molar-refractivity contribution in [1.29, 1.82) is 0 Å². The van der Waals surface area contributed by atoms with Crippen LogP contribution in [0.5, 0.6) is 0 Å². The molecule has 6 nitrogen and oxygen atoms in total. The van der Waals surface area contributed by atoms with E-state index in [0.29, 0.717) is 18.8 Å². The van der Waals surface area contributed by atoms with Gasteiger partial charge in [-0.3, -0.25) is 14.7 Å². The van der Waals surface area contributed by atoms with Gasteiger partial charge in [-0.2, -0.15) is 0 Å². The van der Waals surface area contributed by atoms with E-state index < -0.39 is 10.7 Å². The van der Waals surface area contributed by atoms with Gasteiger partial charge in [0.2, 0.25) is 0 Å². The molecular formula is C11H10BrFN4O2. The number of imidazole rings is 1. The molecule has 100 valence electrons. The van der Waals surface area contributed by atoms with Gasteiger partial charge in [-0.25, -0.2) is 9.37 Å². The van der Waals surface area contributed by atoms with Crippen molar-refractivity contribution in [3.63, 3.8) is 0 Å². The van der Waals surface area contributed by atoms with Crippen LogP contribution < -0.4 is 5.73 Å². The molecule has 0 fully saturated rings. The zero-order valence-corrected chi connectivity index (χ0v) is 11.3. The fraction of sp³-hybridized carbons (Fsp3) is 0.182. The summed E-state index contributed by atoms with van der Waals surface area (Å²) in [5.74, 6) is -0.0275. The van der Waals surface area contributed by atoms with Crippen LogP contribution in [0.3, 0.4) is 0 Å². The maximum atomic E-state index is 13.6. The van der Waals surface area contributed by atoms with Gasteiger partial charge in [0.25, 0.3) is 5.69 Å². The average Bonchev–Trinajstić information content (AvgIpc) is 2.80. The summed E-state index contributed by atoms with van der Waals surface area (Å²) in [5, 5.41) is 11.1. The van der Waals surface area contributed by atoms with E-state index >= 15 is 0 Å². The Labute approximate surface area is 116 Å². The minimum absolute atomic E-state index is 0.0449. The van der Waals surface area contributed by atoms with Crippen LogP contribution in [0.25, 0.3) is 5.69 Å². The molecular weight excluding hydrogens is 319 g/mol. The van der Waals surface area contributed by atoms with Crippen LogP contribution in [-0.2, 0) is 6.42 Å². The number of hydrogen-bond donors (Lipinski definition) is 1. The number of rotatable bonds is 4. The Morgan fingerprint density at radius 3 is 2.89 bits per heavy atom. The first-order valence-corrected chi connectivity index (χ1v) is 6.20. The molecule has 0 saturated heterocycles. The van der Waals surface area contributed by atoms with Gasteiger partial charge in [0.05, 0.1) is 9.40 Å². The summed E-state index contributed by atoms with van der Waals surface area (Å²) >= 11 is 2.94. The zero-order valence-electron chi connectivity index (χ0n) is 9.72. The molecule has 2 aromatic rings. The maximum absolute atomic E-state index is 13.6. The quantitative estimate of drug-likeness (QED) is 0.688. The highest BCUT2D eigenvalue weighted by Gasteiger charge is 2.20. The lowest BCUT2D eigenvalue weighted by Gasteiger charge is -2.08. The van der Waals surface area contributed by atoms with Gasteiger partial charge < -0.3 is 5.73 Å². The molecule has 0 atom stereocenters. The molecule has 0 radical (unpaired) electrons. The number of halogens is 2. The Morgan fingerprint density at radius 2 is 2.26 bits per heavy atom. The third-order valence-corrected chi connectivity index (χ3v) is 3.17. The third kappa shape index (κ3) is 2.64. The van der Waals surface area contributed by atoms with Crippen LogP contribution in [-0.4, -0.2) is 21.0 Å². The number of nitrogens with zero attached hydrogens (tertiary/aromatic N) is 3. The number of benzene rings is 1. The number of nitrogens with two attached hydrogens (primary N) is 1. The van der Waals surface area contributed by atoms with E-state index in [2.05, 4.69) is 20.9 Å². The number of hydrogen-bond acceptors (Lipinski definition) is 4. The standard InChI is InChI=1S/C11H10BrFN4O2/c12-7-5-10(17(18)19)9(6-8(7)13)16-4-3-15-11(16)1-2-14/h3-6H,1-2,14H2. The highest BCUT2D eigenvalue weighted by molar-refractivity contribution is 9.10. The fourth-order valence-electron chi connectivity index (χ4n) is 1.73. The first-order valence-electron chi connectivity index (χ1n) is 5.40. The summed E-state index contributed by atoms with van der Waals surface area (Å²) < 4.78 is 15.1. The van der Waals surface area contributed by atoms with Gasteiger partial charge >= 0.3 is 0 Å². The summed E-state index contributed by atoms with van der Waals surface area (Å²) in [7, 11) is 0. The first-order chi connectivity index (χ1) is 9.04. The fourth-order valence-corrected chi connectivity index (χ4v) is 2.06. The molecule has 1 heterocycles. The minimum Gasteiger partial charge on any atom is -0.330 e. The second kappa shape index (κ2) is 5.45. The topological polar surface area (TPSA) is 87.0 Å². The van der Waals surface area contributed by atoms with Crippen molar-refractivity contribution >= 4 is 21.6 Å². The maximum Gasteiger partial charge on any atom is 0.294 e. The van der Waals surface area contributed by atoms with Crippen LogP contribution >= 0.6 is 15.9 Å². The number of nitro groups is 1. The summed E-state index contributed by atoms with van der Waals surface area (Å²) in [6, 6.07) is 2.24. The van der Waals surface area contributed by atoms with E-state index in [1.165, 1.54) is 10.8 Å². The molecule has 0 aliphatic rings. The summed E-state index contributed by atoms with van der Waals surface area (Å²) in [4.78, 5) is 14.6. The van der Waals surface area contributed by atoms with Crippen LogP contribution in [0.15, 0.2) is 29.0 Å². The van der Waals surface area contributed by atoms with Crippen LogP contribution in [0.4, 0.5) is 10.1 Å². The van der Waals surface area contributed by atoms with Gasteiger partial charge in [0.1, 0.15) is 17.3 Å². The van der Waals surface area contributed by atoms with Crippen molar-refractivity contribution in [2.24, 2.45) is 5.73 Å². The van der Waals surface area contributed by atoms with E-state index in [1.807, 2.05) is 0 Å². The van der Waals surface area contributed by atoms with E-state index in [0.717, 1.165) is 12.1 Å².